The van der Waals surface area contributed by atoms with E-state index in [1.807, 2.05) is 5.48 Å². The van der Waals surface area contributed by atoms with Crippen molar-refractivity contribution in [3.05, 3.63) is 30.1 Å². The van der Waals surface area contributed by atoms with Crippen LogP contribution in [0.2, 0.25) is 0 Å². The largest absolute Gasteiger partial charge is 0.374 e. The monoisotopic (exact) mass is 240 g/mol. The minimum absolute atomic E-state index is 0.0654. The van der Waals surface area contributed by atoms with Crippen molar-refractivity contribution >= 4 is 17.6 Å². The highest BCUT2D eigenvalue weighted by Gasteiger charge is 2.41. The molecule has 7 heteroatoms. The van der Waals surface area contributed by atoms with Gasteiger partial charge in [-0.25, -0.2) is 9.18 Å². The molecule has 1 aromatic rings. The van der Waals surface area contributed by atoms with Crippen LogP contribution in [0.5, 0.6) is 0 Å². The predicted molar refractivity (Wildman–Crippen MR) is 53.8 cm³/mol. The first-order valence-corrected chi connectivity index (χ1v) is 4.79. The van der Waals surface area contributed by atoms with E-state index in [2.05, 4.69) is 10.2 Å². The van der Waals surface area contributed by atoms with Gasteiger partial charge in [0.05, 0.1) is 5.69 Å². The van der Waals surface area contributed by atoms with Crippen LogP contribution in [0.25, 0.3) is 0 Å². The zero-order valence-corrected chi connectivity index (χ0v) is 8.51. The van der Waals surface area contributed by atoms with Gasteiger partial charge in [-0.1, -0.05) is 12.1 Å². The number of para-hydroxylation sites is 1. The van der Waals surface area contributed by atoms with Gasteiger partial charge in [0.1, 0.15) is 5.82 Å². The maximum absolute atomic E-state index is 13.2. The number of hydroxylamine groups is 1. The first-order chi connectivity index (χ1) is 8.09. The van der Waals surface area contributed by atoms with Crippen molar-refractivity contribution in [3.8, 4) is 0 Å². The molecule has 2 rings (SSSR count). The first kappa shape index (κ1) is 11.5. The predicted octanol–water partition coefficient (Wildman–Crippen LogP) is -0.240. The molecule has 1 amide bonds. The van der Waals surface area contributed by atoms with Crippen LogP contribution in [0.1, 0.15) is 0 Å². The molecule has 2 unspecified atom stereocenters. The third-order valence-corrected chi connectivity index (χ3v) is 2.26. The third-order valence-electron chi connectivity index (χ3n) is 2.26. The lowest BCUT2D eigenvalue weighted by molar-refractivity contribution is -0.147. The third kappa shape index (κ3) is 2.24. The summed E-state index contributed by atoms with van der Waals surface area (Å²) in [4.78, 5) is 27.0. The molecule has 0 bridgehead atoms. The number of carbonyl (C=O) groups is 2. The fourth-order valence-electron chi connectivity index (χ4n) is 1.40. The number of carbonyl (C=O) groups excluding carboxylic acids is 2. The van der Waals surface area contributed by atoms with Crippen molar-refractivity contribution in [2.75, 3.05) is 5.32 Å². The van der Waals surface area contributed by atoms with Crippen LogP contribution in [0.15, 0.2) is 24.3 Å². The number of hydrogen-bond donors (Lipinski definition) is 3. The van der Waals surface area contributed by atoms with Gasteiger partial charge in [0.25, 0.3) is 0 Å². The summed E-state index contributed by atoms with van der Waals surface area (Å²) in [7, 11) is 0. The molecule has 1 fully saturated rings. The molecular formula is C10H9FN2O4. The molecule has 1 heterocycles. The van der Waals surface area contributed by atoms with Gasteiger partial charge in [0.15, 0.2) is 12.1 Å². The van der Waals surface area contributed by atoms with Crippen LogP contribution in [0.3, 0.4) is 0 Å². The van der Waals surface area contributed by atoms with Gasteiger partial charge < -0.3 is 15.3 Å². The maximum atomic E-state index is 13.2. The van der Waals surface area contributed by atoms with Crippen LogP contribution < -0.4 is 10.8 Å². The van der Waals surface area contributed by atoms with E-state index in [1.54, 1.807) is 0 Å². The van der Waals surface area contributed by atoms with E-state index in [1.165, 1.54) is 18.2 Å². The lowest BCUT2D eigenvalue weighted by atomic mass is 10.1. The van der Waals surface area contributed by atoms with Gasteiger partial charge in [-0.05, 0) is 12.1 Å². The molecule has 1 aliphatic heterocycles. The Bertz CT molecular complexity index is 465. The van der Waals surface area contributed by atoms with Crippen molar-refractivity contribution in [1.82, 2.24) is 5.48 Å². The fraction of sp³-hybridized carbons (Fsp3) is 0.200. The van der Waals surface area contributed by atoms with Crippen LogP contribution in [0, 0.1) is 11.7 Å². The summed E-state index contributed by atoms with van der Waals surface area (Å²) in [5, 5.41) is 11.5. The van der Waals surface area contributed by atoms with Crippen molar-refractivity contribution in [1.29, 1.82) is 0 Å². The zero-order chi connectivity index (χ0) is 12.4. The molecule has 90 valence electrons. The highest BCUT2D eigenvalue weighted by atomic mass is 19.1. The van der Waals surface area contributed by atoms with Gasteiger partial charge in [-0.15, -0.1) is 5.48 Å². The molecule has 0 saturated carbocycles. The van der Waals surface area contributed by atoms with Gasteiger partial charge in [-0.2, -0.15) is 0 Å². The lowest BCUT2D eigenvalue weighted by Gasteiger charge is -2.10. The Morgan fingerprint density at radius 2 is 2.18 bits per heavy atom. The molecule has 3 N–H and O–H groups in total. The Kier molecular flexibility index (Phi) is 3.03. The smallest absolute Gasteiger partial charge is 0.341 e. The summed E-state index contributed by atoms with van der Waals surface area (Å²) in [5.74, 6) is -3.78. The van der Waals surface area contributed by atoms with E-state index in [4.69, 9.17) is 0 Å². The molecule has 17 heavy (non-hydrogen) atoms. The van der Waals surface area contributed by atoms with Crippen molar-refractivity contribution in [2.45, 2.75) is 6.23 Å². The minimum Gasteiger partial charge on any atom is -0.374 e. The number of aliphatic hydroxyl groups is 1. The van der Waals surface area contributed by atoms with E-state index < -0.39 is 29.8 Å². The highest BCUT2D eigenvalue weighted by molar-refractivity contribution is 6.05. The van der Waals surface area contributed by atoms with E-state index in [0.717, 1.165) is 6.07 Å². The second kappa shape index (κ2) is 4.48. The standard InChI is InChI=1S/C10H9FN2O4/c11-5-3-1-2-4-6(5)12-8(14)7-9(15)13-17-10(7)16/h1-4,7,9,13,15H,(H,12,14). The van der Waals surface area contributed by atoms with Crippen LogP contribution >= 0.6 is 0 Å². The van der Waals surface area contributed by atoms with Crippen molar-refractivity contribution in [2.24, 2.45) is 5.92 Å². The quantitative estimate of drug-likeness (QED) is 0.621. The number of halogens is 1. The second-order valence-corrected chi connectivity index (χ2v) is 3.43. The average molecular weight is 240 g/mol. The number of nitrogens with one attached hydrogen (secondary N) is 2. The average Bonchev–Trinajstić information content (AvgIpc) is 2.62. The Balaban J connectivity index is 2.12. The molecule has 1 aliphatic rings. The van der Waals surface area contributed by atoms with Gasteiger partial charge in [0, 0.05) is 0 Å². The maximum Gasteiger partial charge on any atom is 0.341 e. The molecule has 1 saturated heterocycles. The molecular weight excluding hydrogens is 231 g/mol. The fourth-order valence-corrected chi connectivity index (χ4v) is 1.40. The number of amides is 1. The number of aliphatic hydroxyl groups excluding tert-OH is 1. The Hall–Kier alpha value is -1.99. The SMILES string of the molecule is O=C(Nc1ccccc1F)C1C(=O)ONC1O. The van der Waals surface area contributed by atoms with E-state index >= 15 is 0 Å². The summed E-state index contributed by atoms with van der Waals surface area (Å²) >= 11 is 0. The summed E-state index contributed by atoms with van der Waals surface area (Å²) in [6.45, 7) is 0. The minimum atomic E-state index is -1.44. The van der Waals surface area contributed by atoms with Gasteiger partial charge in [-0.3, -0.25) is 4.79 Å². The Morgan fingerprint density at radius 1 is 1.47 bits per heavy atom. The molecule has 0 aromatic heterocycles. The topological polar surface area (TPSA) is 87.7 Å². The van der Waals surface area contributed by atoms with Crippen LogP contribution in [0.4, 0.5) is 10.1 Å². The lowest BCUT2D eigenvalue weighted by Crippen LogP contribution is -2.36. The van der Waals surface area contributed by atoms with Crippen molar-refractivity contribution < 1.29 is 23.9 Å². The molecule has 1 aromatic carbocycles. The highest BCUT2D eigenvalue weighted by Crippen LogP contribution is 2.17. The van der Waals surface area contributed by atoms with Gasteiger partial charge >= 0.3 is 5.97 Å². The van der Waals surface area contributed by atoms with Gasteiger partial charge in [0.2, 0.25) is 5.91 Å². The summed E-state index contributed by atoms with van der Waals surface area (Å²) < 4.78 is 13.2. The van der Waals surface area contributed by atoms with E-state index in [-0.39, 0.29) is 5.69 Å². The zero-order valence-electron chi connectivity index (χ0n) is 8.51. The van der Waals surface area contributed by atoms with E-state index in [9.17, 15) is 19.1 Å². The second-order valence-electron chi connectivity index (χ2n) is 3.43. The number of benzene rings is 1. The van der Waals surface area contributed by atoms with Crippen molar-refractivity contribution in [3.63, 3.8) is 0 Å². The van der Waals surface area contributed by atoms with Crippen LogP contribution in [-0.4, -0.2) is 23.2 Å². The molecule has 0 radical (unpaired) electrons. The van der Waals surface area contributed by atoms with E-state index in [0.29, 0.717) is 0 Å². The summed E-state index contributed by atoms with van der Waals surface area (Å²) in [6, 6.07) is 5.50. The summed E-state index contributed by atoms with van der Waals surface area (Å²) in [6.07, 6.45) is -1.44. The number of hydrogen-bond acceptors (Lipinski definition) is 5. The normalized spacial score (nSPS) is 23.3. The molecule has 0 aliphatic carbocycles. The Labute approximate surface area is 95.3 Å². The number of rotatable bonds is 2. The summed E-state index contributed by atoms with van der Waals surface area (Å²) in [5.41, 5.74) is 1.89. The first-order valence-electron chi connectivity index (χ1n) is 4.79. The van der Waals surface area contributed by atoms with Crippen LogP contribution in [-0.2, 0) is 14.4 Å². The Morgan fingerprint density at radius 3 is 2.76 bits per heavy atom. The molecule has 2 atom stereocenters. The number of anilines is 1. The molecule has 6 nitrogen and oxygen atoms in total. The molecule has 0 spiro atoms.